The molecule has 0 saturated heterocycles. The standard InChI is InChI=1S/C12H12.C2H6.C2H4.H2/c1-4-10(3)12-9-7-6-8-11(12)5-2;2*1-2;/h2,4,6-9H,1,3H3;1-2H3;1-2H2;1H/b10-4-;;;. The average Bonchev–Trinajstić information content (AvgIpc) is 2.42. The van der Waals surface area contributed by atoms with E-state index in [4.69, 9.17) is 6.42 Å². The van der Waals surface area contributed by atoms with Gasteiger partial charge in [0.1, 0.15) is 0 Å². The predicted molar refractivity (Wildman–Crippen MR) is 78.4 cm³/mol. The van der Waals surface area contributed by atoms with Crippen molar-refractivity contribution in [2.75, 3.05) is 0 Å². The summed E-state index contributed by atoms with van der Waals surface area (Å²) >= 11 is 0. The van der Waals surface area contributed by atoms with Crippen molar-refractivity contribution in [3.05, 3.63) is 54.6 Å². The molecule has 0 heteroatoms. The summed E-state index contributed by atoms with van der Waals surface area (Å²) in [5.74, 6) is 2.67. The monoisotopic (exact) mass is 216 g/mol. The van der Waals surface area contributed by atoms with Gasteiger partial charge in [0.2, 0.25) is 0 Å². The maximum Gasteiger partial charge on any atom is 0.0317 e. The van der Waals surface area contributed by atoms with E-state index in [2.05, 4.69) is 32.1 Å². The van der Waals surface area contributed by atoms with Crippen molar-refractivity contribution in [1.82, 2.24) is 0 Å². The van der Waals surface area contributed by atoms with Crippen LogP contribution < -0.4 is 0 Å². The lowest BCUT2D eigenvalue weighted by Crippen LogP contribution is -1.84. The quantitative estimate of drug-likeness (QED) is 0.449. The van der Waals surface area contributed by atoms with E-state index in [1.165, 1.54) is 5.57 Å². The SMILES string of the molecule is C#Cc1ccccc1/C(C)=C\C.C=C.CC.[HH]. The molecule has 0 heterocycles. The Hall–Kier alpha value is -1.74. The van der Waals surface area contributed by atoms with Crippen LogP contribution in [0.3, 0.4) is 0 Å². The number of hydrogen-bond donors (Lipinski definition) is 0. The lowest BCUT2D eigenvalue weighted by Gasteiger charge is -2.02. The van der Waals surface area contributed by atoms with Crippen LogP contribution in [-0.4, -0.2) is 0 Å². The highest BCUT2D eigenvalue weighted by atomic mass is 14.0. The average molecular weight is 216 g/mol. The van der Waals surface area contributed by atoms with E-state index in [0.717, 1.165) is 11.1 Å². The molecule has 0 aromatic heterocycles. The van der Waals surface area contributed by atoms with Gasteiger partial charge in [-0.25, -0.2) is 0 Å². The Morgan fingerprint density at radius 1 is 1.31 bits per heavy atom. The minimum Gasteiger partial charge on any atom is -0.115 e. The summed E-state index contributed by atoms with van der Waals surface area (Å²) in [6.45, 7) is 14.1. The highest BCUT2D eigenvalue weighted by Gasteiger charge is 1.98. The third-order valence-electron chi connectivity index (χ3n) is 1.94. The van der Waals surface area contributed by atoms with E-state index in [0.29, 0.717) is 0 Å². The van der Waals surface area contributed by atoms with E-state index in [9.17, 15) is 0 Å². The molecule has 1 aromatic rings. The molecule has 1 rings (SSSR count). The van der Waals surface area contributed by atoms with E-state index in [1.54, 1.807) is 0 Å². The third-order valence-corrected chi connectivity index (χ3v) is 1.94. The van der Waals surface area contributed by atoms with Gasteiger partial charge < -0.3 is 0 Å². The van der Waals surface area contributed by atoms with Gasteiger partial charge in [-0.3, -0.25) is 0 Å². The maximum atomic E-state index is 5.37. The molecule has 0 atom stereocenters. The molecule has 16 heavy (non-hydrogen) atoms. The molecule has 0 radical (unpaired) electrons. The molecule has 0 fully saturated rings. The normalized spacial score (nSPS) is 8.81. The van der Waals surface area contributed by atoms with Gasteiger partial charge in [-0.05, 0) is 31.1 Å². The molecule has 0 aliphatic rings. The highest BCUT2D eigenvalue weighted by molar-refractivity contribution is 5.69. The van der Waals surface area contributed by atoms with Gasteiger partial charge in [-0.15, -0.1) is 19.6 Å². The number of rotatable bonds is 1. The summed E-state index contributed by atoms with van der Waals surface area (Å²) in [7, 11) is 0. The summed E-state index contributed by atoms with van der Waals surface area (Å²) in [5.41, 5.74) is 3.35. The van der Waals surface area contributed by atoms with E-state index < -0.39 is 0 Å². The van der Waals surface area contributed by atoms with Crippen molar-refractivity contribution in [2.45, 2.75) is 27.7 Å². The van der Waals surface area contributed by atoms with Crippen LogP contribution in [0.15, 0.2) is 43.5 Å². The van der Waals surface area contributed by atoms with Crippen molar-refractivity contribution in [2.24, 2.45) is 0 Å². The Morgan fingerprint density at radius 3 is 2.25 bits per heavy atom. The summed E-state index contributed by atoms with van der Waals surface area (Å²) in [5, 5.41) is 0. The van der Waals surface area contributed by atoms with Crippen molar-refractivity contribution >= 4 is 5.57 Å². The van der Waals surface area contributed by atoms with Crippen LogP contribution in [0.5, 0.6) is 0 Å². The Kier molecular flexibility index (Phi) is 11.8. The van der Waals surface area contributed by atoms with Crippen LogP contribution >= 0.6 is 0 Å². The highest BCUT2D eigenvalue weighted by Crippen LogP contribution is 2.17. The summed E-state index contributed by atoms with van der Waals surface area (Å²) < 4.78 is 0. The zero-order valence-corrected chi connectivity index (χ0v) is 10.9. The van der Waals surface area contributed by atoms with Crippen LogP contribution in [0, 0.1) is 12.3 Å². The summed E-state index contributed by atoms with van der Waals surface area (Å²) in [6, 6.07) is 7.97. The van der Waals surface area contributed by atoms with Gasteiger partial charge in [-0.2, -0.15) is 0 Å². The van der Waals surface area contributed by atoms with Crippen molar-refractivity contribution in [3.8, 4) is 12.3 Å². The molecule has 0 aliphatic carbocycles. The molecule has 0 saturated carbocycles. The first-order valence-corrected chi connectivity index (χ1v) is 5.48. The zero-order valence-electron chi connectivity index (χ0n) is 10.9. The van der Waals surface area contributed by atoms with Crippen LogP contribution in [0.2, 0.25) is 0 Å². The molecule has 0 N–H and O–H groups in total. The lowest BCUT2D eigenvalue weighted by molar-refractivity contribution is 1.50. The van der Waals surface area contributed by atoms with Crippen molar-refractivity contribution < 1.29 is 1.43 Å². The molecular weight excluding hydrogens is 192 g/mol. The summed E-state index contributed by atoms with van der Waals surface area (Å²) in [6.07, 6.45) is 7.43. The first-order chi connectivity index (χ1) is 7.79. The molecular formula is C16H24. The molecule has 0 spiro atoms. The second-order valence-corrected chi connectivity index (χ2v) is 2.66. The van der Waals surface area contributed by atoms with Gasteiger partial charge in [0.15, 0.2) is 0 Å². The van der Waals surface area contributed by atoms with Crippen LogP contribution in [0.1, 0.15) is 40.2 Å². The maximum absolute atomic E-state index is 5.37. The first kappa shape index (κ1) is 16.7. The van der Waals surface area contributed by atoms with Gasteiger partial charge in [0, 0.05) is 6.99 Å². The molecule has 1 aromatic carbocycles. The molecule has 0 bridgehead atoms. The molecule has 0 amide bonds. The third kappa shape index (κ3) is 5.22. The number of benzene rings is 1. The first-order valence-electron chi connectivity index (χ1n) is 5.48. The zero-order chi connectivity index (χ0) is 13.0. The van der Waals surface area contributed by atoms with Crippen LogP contribution in [0.25, 0.3) is 5.57 Å². The molecule has 88 valence electrons. The van der Waals surface area contributed by atoms with E-state index in [-0.39, 0.29) is 1.43 Å². The molecule has 0 nitrogen and oxygen atoms in total. The van der Waals surface area contributed by atoms with E-state index in [1.807, 2.05) is 45.0 Å². The Balaban J connectivity index is -0.000000355. The Labute approximate surface area is 102 Å². The Morgan fingerprint density at radius 2 is 1.81 bits per heavy atom. The number of hydrogen-bond acceptors (Lipinski definition) is 0. The largest absolute Gasteiger partial charge is 0.115 e. The number of terminal acetylenes is 1. The van der Waals surface area contributed by atoms with E-state index >= 15 is 0 Å². The van der Waals surface area contributed by atoms with Crippen LogP contribution in [-0.2, 0) is 0 Å². The lowest BCUT2D eigenvalue weighted by atomic mass is 10.0. The topological polar surface area (TPSA) is 0 Å². The predicted octanol–water partition coefficient (Wildman–Crippen LogP) is 5.17. The fourth-order valence-corrected chi connectivity index (χ4v) is 1.11. The molecule has 0 unspecified atom stereocenters. The van der Waals surface area contributed by atoms with Crippen molar-refractivity contribution in [3.63, 3.8) is 0 Å². The summed E-state index contributed by atoms with van der Waals surface area (Å²) in [4.78, 5) is 0. The van der Waals surface area contributed by atoms with Crippen LogP contribution in [0.4, 0.5) is 0 Å². The van der Waals surface area contributed by atoms with Gasteiger partial charge in [0.05, 0.1) is 0 Å². The van der Waals surface area contributed by atoms with Crippen molar-refractivity contribution in [1.29, 1.82) is 0 Å². The minimum atomic E-state index is 0. The minimum absolute atomic E-state index is 0. The number of allylic oxidation sites excluding steroid dienone is 2. The smallest absolute Gasteiger partial charge is 0.0317 e. The fourth-order valence-electron chi connectivity index (χ4n) is 1.11. The van der Waals surface area contributed by atoms with Gasteiger partial charge in [0.25, 0.3) is 0 Å². The van der Waals surface area contributed by atoms with Gasteiger partial charge >= 0.3 is 0 Å². The van der Waals surface area contributed by atoms with Gasteiger partial charge in [-0.1, -0.05) is 44.0 Å². The Bertz CT molecular complexity index is 356. The fraction of sp³-hybridized carbons (Fsp3) is 0.250. The molecule has 0 aliphatic heterocycles. The second kappa shape index (κ2) is 11.3. The second-order valence-electron chi connectivity index (χ2n) is 2.66.